The van der Waals surface area contributed by atoms with Crippen molar-refractivity contribution < 1.29 is 4.79 Å². The number of carbonyl (C=O) groups excluding carboxylic acids is 1. The van der Waals surface area contributed by atoms with Crippen molar-refractivity contribution in [3.05, 3.63) is 23.5 Å². The Balaban J connectivity index is 1.61. The fourth-order valence-corrected chi connectivity index (χ4v) is 3.26. The highest BCUT2D eigenvalue weighted by Gasteiger charge is 2.31. The molecule has 2 fully saturated rings. The van der Waals surface area contributed by atoms with Gasteiger partial charge in [0.1, 0.15) is 11.8 Å². The van der Waals surface area contributed by atoms with Gasteiger partial charge in [-0.05, 0) is 38.4 Å². The van der Waals surface area contributed by atoms with Gasteiger partial charge in [0.15, 0.2) is 0 Å². The highest BCUT2D eigenvalue weighted by molar-refractivity contribution is 5.93. The minimum Gasteiger partial charge on any atom is -0.356 e. The number of hydrogen-bond donors (Lipinski definition) is 1. The maximum atomic E-state index is 12.4. The van der Waals surface area contributed by atoms with E-state index in [1.165, 1.54) is 32.4 Å². The Hall–Kier alpha value is -1.80. The monoisotopic (exact) mass is 272 g/mol. The number of aromatic amines is 1. The molecule has 3 rings (SSSR count). The summed E-state index contributed by atoms with van der Waals surface area (Å²) in [5, 5.41) is 8.81. The Morgan fingerprint density at radius 1 is 1.30 bits per heavy atom. The van der Waals surface area contributed by atoms with Gasteiger partial charge in [-0.2, -0.15) is 5.26 Å². The van der Waals surface area contributed by atoms with E-state index in [4.69, 9.17) is 5.26 Å². The molecule has 1 aromatic rings. The maximum Gasteiger partial charge on any atom is 0.270 e. The van der Waals surface area contributed by atoms with Crippen molar-refractivity contribution in [1.29, 1.82) is 5.26 Å². The molecule has 0 bridgehead atoms. The lowest BCUT2D eigenvalue weighted by molar-refractivity contribution is 0.0766. The van der Waals surface area contributed by atoms with E-state index in [1.54, 1.807) is 12.3 Å². The van der Waals surface area contributed by atoms with E-state index in [-0.39, 0.29) is 5.91 Å². The molecular weight excluding hydrogens is 252 g/mol. The lowest BCUT2D eigenvalue weighted by Gasteiger charge is -2.32. The molecule has 1 amide bonds. The van der Waals surface area contributed by atoms with Gasteiger partial charge >= 0.3 is 0 Å². The zero-order valence-electron chi connectivity index (χ0n) is 11.6. The molecule has 5 nitrogen and oxygen atoms in total. The molecule has 106 valence electrons. The molecule has 1 N–H and O–H groups in total. The van der Waals surface area contributed by atoms with E-state index in [0.717, 1.165) is 19.5 Å². The van der Waals surface area contributed by atoms with Crippen LogP contribution in [0.3, 0.4) is 0 Å². The summed E-state index contributed by atoms with van der Waals surface area (Å²) in [5.74, 6) is 0.0195. The average Bonchev–Trinajstić information content (AvgIpc) is 3.17. The van der Waals surface area contributed by atoms with Crippen LogP contribution in [-0.2, 0) is 0 Å². The second-order valence-electron chi connectivity index (χ2n) is 5.70. The van der Waals surface area contributed by atoms with Gasteiger partial charge in [0.05, 0.1) is 5.56 Å². The lowest BCUT2D eigenvalue weighted by Crippen LogP contribution is -2.41. The van der Waals surface area contributed by atoms with Crippen molar-refractivity contribution in [1.82, 2.24) is 14.8 Å². The van der Waals surface area contributed by atoms with Crippen LogP contribution in [0.15, 0.2) is 12.3 Å². The van der Waals surface area contributed by atoms with E-state index in [9.17, 15) is 4.79 Å². The molecular formula is C15H20N4O. The number of rotatable bonds is 2. The zero-order valence-corrected chi connectivity index (χ0v) is 11.6. The number of nitrogens with one attached hydrogen (secondary N) is 1. The molecule has 0 aliphatic carbocycles. The summed E-state index contributed by atoms with van der Waals surface area (Å²) >= 11 is 0. The van der Waals surface area contributed by atoms with E-state index >= 15 is 0 Å². The molecule has 20 heavy (non-hydrogen) atoms. The summed E-state index contributed by atoms with van der Waals surface area (Å²) in [6, 6.07) is 4.20. The first kappa shape index (κ1) is 13.2. The summed E-state index contributed by atoms with van der Waals surface area (Å²) in [6.45, 7) is 3.99. The Bertz CT molecular complexity index is 524. The quantitative estimate of drug-likeness (QED) is 0.889. The highest BCUT2D eigenvalue weighted by Crippen LogP contribution is 2.21. The molecule has 2 aliphatic rings. The number of H-pyrrole nitrogens is 1. The number of hydrogen-bond acceptors (Lipinski definition) is 3. The summed E-state index contributed by atoms with van der Waals surface area (Å²) in [5.41, 5.74) is 1.04. The Kier molecular flexibility index (Phi) is 3.75. The normalized spacial score (nSPS) is 23.8. The van der Waals surface area contributed by atoms with Crippen molar-refractivity contribution in [3.8, 4) is 6.07 Å². The molecule has 5 heteroatoms. The van der Waals surface area contributed by atoms with E-state index < -0.39 is 0 Å². The van der Waals surface area contributed by atoms with Gasteiger partial charge < -0.3 is 9.88 Å². The summed E-state index contributed by atoms with van der Waals surface area (Å²) in [6.07, 6.45) is 6.56. The standard InChI is InChI=1S/C15H20N4O/c16-9-12-8-14(17-10-12)15(20)19-7-4-13(11-19)18-5-2-1-3-6-18/h8,10,13,17H,1-7,11H2/t13-/m0/s1. The van der Waals surface area contributed by atoms with Crippen LogP contribution in [0.4, 0.5) is 0 Å². The number of amides is 1. The molecule has 3 heterocycles. The van der Waals surface area contributed by atoms with Crippen LogP contribution in [0.5, 0.6) is 0 Å². The average molecular weight is 272 g/mol. The molecule has 2 aliphatic heterocycles. The van der Waals surface area contributed by atoms with Crippen LogP contribution in [0, 0.1) is 11.3 Å². The van der Waals surface area contributed by atoms with Crippen LogP contribution in [0.2, 0.25) is 0 Å². The van der Waals surface area contributed by atoms with Gasteiger partial charge in [0.25, 0.3) is 5.91 Å². The third-order valence-corrected chi connectivity index (χ3v) is 4.40. The van der Waals surface area contributed by atoms with Crippen LogP contribution in [0.1, 0.15) is 41.7 Å². The Morgan fingerprint density at radius 2 is 2.10 bits per heavy atom. The van der Waals surface area contributed by atoms with Crippen molar-refractivity contribution >= 4 is 5.91 Å². The fraction of sp³-hybridized carbons (Fsp3) is 0.600. The summed E-state index contributed by atoms with van der Waals surface area (Å²) in [7, 11) is 0. The van der Waals surface area contributed by atoms with Crippen LogP contribution >= 0.6 is 0 Å². The predicted octanol–water partition coefficient (Wildman–Crippen LogP) is 1.59. The molecule has 0 spiro atoms. The van der Waals surface area contributed by atoms with Crippen LogP contribution in [-0.4, -0.2) is 52.9 Å². The third-order valence-electron chi connectivity index (χ3n) is 4.40. The lowest BCUT2D eigenvalue weighted by atomic mass is 10.1. The van der Waals surface area contributed by atoms with Gasteiger partial charge in [0, 0.05) is 25.3 Å². The molecule has 0 radical (unpaired) electrons. The van der Waals surface area contributed by atoms with Crippen molar-refractivity contribution in [2.75, 3.05) is 26.2 Å². The van der Waals surface area contributed by atoms with Gasteiger partial charge in [-0.3, -0.25) is 9.69 Å². The van der Waals surface area contributed by atoms with Gasteiger partial charge in [-0.25, -0.2) is 0 Å². The van der Waals surface area contributed by atoms with Crippen molar-refractivity contribution in [2.45, 2.75) is 31.7 Å². The maximum absolute atomic E-state index is 12.4. The summed E-state index contributed by atoms with van der Waals surface area (Å²) < 4.78 is 0. The number of aromatic nitrogens is 1. The number of nitrogens with zero attached hydrogens (tertiary/aromatic N) is 3. The van der Waals surface area contributed by atoms with Gasteiger partial charge in [-0.1, -0.05) is 6.42 Å². The third kappa shape index (κ3) is 2.56. The number of nitriles is 1. The topological polar surface area (TPSA) is 63.1 Å². The SMILES string of the molecule is N#Cc1c[nH]c(C(=O)N2CC[C@H](N3CCCCC3)C2)c1. The highest BCUT2D eigenvalue weighted by atomic mass is 16.2. The summed E-state index contributed by atoms with van der Waals surface area (Å²) in [4.78, 5) is 19.7. The smallest absolute Gasteiger partial charge is 0.270 e. The first-order valence-electron chi connectivity index (χ1n) is 7.40. The second-order valence-corrected chi connectivity index (χ2v) is 5.70. The Labute approximate surface area is 119 Å². The molecule has 1 atom stereocenters. The minimum atomic E-state index is 0.0195. The first-order valence-corrected chi connectivity index (χ1v) is 7.40. The number of piperidine rings is 1. The predicted molar refractivity (Wildman–Crippen MR) is 75.2 cm³/mol. The minimum absolute atomic E-state index is 0.0195. The van der Waals surface area contributed by atoms with E-state index in [0.29, 0.717) is 17.3 Å². The van der Waals surface area contributed by atoms with Crippen molar-refractivity contribution in [2.24, 2.45) is 0 Å². The Morgan fingerprint density at radius 3 is 2.80 bits per heavy atom. The molecule has 1 aromatic heterocycles. The fourth-order valence-electron chi connectivity index (χ4n) is 3.26. The zero-order chi connectivity index (χ0) is 13.9. The second kappa shape index (κ2) is 5.68. The first-order chi connectivity index (χ1) is 9.78. The van der Waals surface area contributed by atoms with E-state index in [1.807, 2.05) is 11.0 Å². The van der Waals surface area contributed by atoms with Crippen molar-refractivity contribution in [3.63, 3.8) is 0 Å². The largest absolute Gasteiger partial charge is 0.356 e. The molecule has 2 saturated heterocycles. The molecule has 0 unspecified atom stereocenters. The number of carbonyl (C=O) groups is 1. The van der Waals surface area contributed by atoms with E-state index in [2.05, 4.69) is 9.88 Å². The molecule has 0 saturated carbocycles. The van der Waals surface area contributed by atoms with Gasteiger partial charge in [0.2, 0.25) is 0 Å². The molecule has 0 aromatic carbocycles. The van der Waals surface area contributed by atoms with Crippen LogP contribution < -0.4 is 0 Å². The van der Waals surface area contributed by atoms with Gasteiger partial charge in [-0.15, -0.1) is 0 Å². The van der Waals surface area contributed by atoms with Crippen LogP contribution in [0.25, 0.3) is 0 Å². The number of likely N-dealkylation sites (tertiary alicyclic amines) is 2.